The van der Waals surface area contributed by atoms with Crippen LogP contribution in [0.15, 0.2) is 73.1 Å². The van der Waals surface area contributed by atoms with Crippen LogP contribution in [0.3, 0.4) is 0 Å². The van der Waals surface area contributed by atoms with E-state index in [0.717, 1.165) is 11.1 Å². The molecule has 0 saturated carbocycles. The van der Waals surface area contributed by atoms with Crippen molar-refractivity contribution in [3.8, 4) is 0 Å². The SMILES string of the molecule is O=C(/C=C/c1cnn(Cc2ccccc2)c1)OCC(=O)c1ccc(Cl)cc1. The highest BCUT2D eigenvalue weighted by molar-refractivity contribution is 6.30. The summed E-state index contributed by atoms with van der Waals surface area (Å²) in [6.07, 6.45) is 6.36. The van der Waals surface area contributed by atoms with E-state index in [1.165, 1.54) is 6.08 Å². The minimum atomic E-state index is -0.590. The molecule has 5 nitrogen and oxygen atoms in total. The molecule has 0 amide bonds. The van der Waals surface area contributed by atoms with Crippen LogP contribution in [-0.2, 0) is 16.1 Å². The minimum absolute atomic E-state index is 0.288. The number of rotatable bonds is 7. The number of aromatic nitrogens is 2. The maximum Gasteiger partial charge on any atom is 0.331 e. The van der Waals surface area contributed by atoms with Gasteiger partial charge in [-0.05, 0) is 35.9 Å². The van der Waals surface area contributed by atoms with Gasteiger partial charge in [-0.1, -0.05) is 41.9 Å². The van der Waals surface area contributed by atoms with E-state index >= 15 is 0 Å². The minimum Gasteiger partial charge on any atom is -0.454 e. The molecule has 0 saturated heterocycles. The van der Waals surface area contributed by atoms with Gasteiger partial charge in [-0.2, -0.15) is 5.10 Å². The molecule has 2 aromatic carbocycles. The fourth-order valence-electron chi connectivity index (χ4n) is 2.39. The molecule has 0 atom stereocenters. The highest BCUT2D eigenvalue weighted by Gasteiger charge is 2.08. The third-order valence-electron chi connectivity index (χ3n) is 3.76. The monoisotopic (exact) mass is 380 g/mol. The molecule has 0 radical (unpaired) electrons. The molecule has 3 rings (SSSR count). The fourth-order valence-corrected chi connectivity index (χ4v) is 2.52. The smallest absolute Gasteiger partial charge is 0.331 e. The van der Waals surface area contributed by atoms with Crippen molar-refractivity contribution in [3.05, 3.63) is 94.8 Å². The number of benzene rings is 2. The van der Waals surface area contributed by atoms with E-state index in [9.17, 15) is 9.59 Å². The van der Waals surface area contributed by atoms with Gasteiger partial charge in [0.25, 0.3) is 0 Å². The van der Waals surface area contributed by atoms with E-state index in [0.29, 0.717) is 17.1 Å². The number of ether oxygens (including phenoxy) is 1. The lowest BCUT2D eigenvalue weighted by atomic mass is 10.1. The van der Waals surface area contributed by atoms with Gasteiger partial charge in [-0.15, -0.1) is 0 Å². The van der Waals surface area contributed by atoms with Gasteiger partial charge in [0.05, 0.1) is 12.7 Å². The Morgan fingerprint density at radius 1 is 1.07 bits per heavy atom. The molecule has 0 aliphatic heterocycles. The van der Waals surface area contributed by atoms with Crippen LogP contribution < -0.4 is 0 Å². The lowest BCUT2D eigenvalue weighted by Crippen LogP contribution is -2.12. The molecule has 6 heteroatoms. The number of carbonyl (C=O) groups excluding carboxylic acids is 2. The van der Waals surface area contributed by atoms with Crippen molar-refractivity contribution in [2.24, 2.45) is 0 Å². The van der Waals surface area contributed by atoms with Crippen LogP contribution in [0.5, 0.6) is 0 Å². The Morgan fingerprint density at radius 2 is 1.81 bits per heavy atom. The van der Waals surface area contributed by atoms with Gasteiger partial charge < -0.3 is 4.74 Å². The molecule has 1 aromatic heterocycles. The molecular weight excluding hydrogens is 364 g/mol. The number of Topliss-reactive ketones (excluding diaryl/α,β-unsaturated/α-hetero) is 1. The molecule has 0 aliphatic rings. The van der Waals surface area contributed by atoms with E-state index < -0.39 is 5.97 Å². The first-order valence-electron chi connectivity index (χ1n) is 8.30. The Morgan fingerprint density at radius 3 is 2.56 bits per heavy atom. The first-order chi connectivity index (χ1) is 13.1. The third kappa shape index (κ3) is 5.66. The second-order valence-electron chi connectivity index (χ2n) is 5.83. The molecule has 0 unspecified atom stereocenters. The zero-order valence-electron chi connectivity index (χ0n) is 14.4. The largest absolute Gasteiger partial charge is 0.454 e. The van der Waals surface area contributed by atoms with E-state index in [4.69, 9.17) is 16.3 Å². The number of hydrogen-bond acceptors (Lipinski definition) is 4. The summed E-state index contributed by atoms with van der Waals surface area (Å²) in [5.41, 5.74) is 2.35. The maximum absolute atomic E-state index is 12.0. The van der Waals surface area contributed by atoms with Gasteiger partial charge >= 0.3 is 5.97 Å². The van der Waals surface area contributed by atoms with Gasteiger partial charge in [0.2, 0.25) is 0 Å². The summed E-state index contributed by atoms with van der Waals surface area (Å²) in [6, 6.07) is 16.4. The quantitative estimate of drug-likeness (QED) is 0.353. The summed E-state index contributed by atoms with van der Waals surface area (Å²) in [5, 5.41) is 4.80. The number of ketones is 1. The molecule has 27 heavy (non-hydrogen) atoms. The number of esters is 1. The van der Waals surface area contributed by atoms with Crippen molar-refractivity contribution in [1.82, 2.24) is 9.78 Å². The predicted molar refractivity (Wildman–Crippen MR) is 104 cm³/mol. The Balaban J connectivity index is 1.50. The Labute approximate surface area is 161 Å². The predicted octanol–water partition coefficient (Wildman–Crippen LogP) is 4.02. The topological polar surface area (TPSA) is 61.2 Å². The molecular formula is C21H17ClN2O3. The van der Waals surface area contributed by atoms with Gasteiger partial charge in [-0.3, -0.25) is 9.48 Å². The zero-order valence-corrected chi connectivity index (χ0v) is 15.2. The van der Waals surface area contributed by atoms with Crippen LogP contribution in [0.2, 0.25) is 5.02 Å². The van der Waals surface area contributed by atoms with Crippen molar-refractivity contribution in [1.29, 1.82) is 0 Å². The average molecular weight is 381 g/mol. The first-order valence-corrected chi connectivity index (χ1v) is 8.68. The second-order valence-corrected chi connectivity index (χ2v) is 6.26. The van der Waals surface area contributed by atoms with Crippen molar-refractivity contribution in [2.45, 2.75) is 6.54 Å². The van der Waals surface area contributed by atoms with Crippen LogP contribution in [0, 0.1) is 0 Å². The van der Waals surface area contributed by atoms with Crippen molar-refractivity contribution in [3.63, 3.8) is 0 Å². The van der Waals surface area contributed by atoms with Crippen molar-refractivity contribution >= 4 is 29.4 Å². The van der Waals surface area contributed by atoms with Gasteiger partial charge in [0, 0.05) is 28.4 Å². The normalized spacial score (nSPS) is 10.9. The maximum atomic E-state index is 12.0. The van der Waals surface area contributed by atoms with E-state index in [1.807, 2.05) is 36.5 Å². The molecule has 0 fully saturated rings. The van der Waals surface area contributed by atoms with Crippen LogP contribution in [0.4, 0.5) is 0 Å². The molecule has 3 aromatic rings. The van der Waals surface area contributed by atoms with Gasteiger partial charge in [0.15, 0.2) is 12.4 Å². The van der Waals surface area contributed by atoms with E-state index in [-0.39, 0.29) is 12.4 Å². The number of carbonyl (C=O) groups is 2. The molecule has 136 valence electrons. The van der Waals surface area contributed by atoms with Crippen molar-refractivity contribution in [2.75, 3.05) is 6.61 Å². The Bertz CT molecular complexity index is 947. The molecule has 1 heterocycles. The Hall–Kier alpha value is -3.18. The summed E-state index contributed by atoms with van der Waals surface area (Å²) >= 11 is 5.78. The van der Waals surface area contributed by atoms with Crippen LogP contribution in [-0.4, -0.2) is 28.1 Å². The summed E-state index contributed by atoms with van der Waals surface area (Å²) < 4.78 is 6.76. The fraction of sp³-hybridized carbons (Fsp3) is 0.0952. The highest BCUT2D eigenvalue weighted by atomic mass is 35.5. The molecule has 0 N–H and O–H groups in total. The van der Waals surface area contributed by atoms with Crippen molar-refractivity contribution < 1.29 is 14.3 Å². The van der Waals surface area contributed by atoms with Gasteiger partial charge in [-0.25, -0.2) is 4.79 Å². The molecule has 0 bridgehead atoms. The lowest BCUT2D eigenvalue weighted by molar-refractivity contribution is -0.136. The molecule has 0 spiro atoms. The van der Waals surface area contributed by atoms with E-state index in [1.54, 1.807) is 41.2 Å². The summed E-state index contributed by atoms with van der Waals surface area (Å²) in [7, 11) is 0. The number of hydrogen-bond donors (Lipinski definition) is 0. The standard InChI is InChI=1S/C21H17ClN2O3/c22-19-9-7-18(8-10-19)20(25)15-27-21(26)11-6-17-12-23-24(14-17)13-16-4-2-1-3-5-16/h1-12,14H,13,15H2/b11-6+. The number of halogens is 1. The lowest BCUT2D eigenvalue weighted by Gasteiger charge is -2.02. The van der Waals surface area contributed by atoms with E-state index in [2.05, 4.69) is 5.10 Å². The third-order valence-corrected chi connectivity index (χ3v) is 4.02. The van der Waals surface area contributed by atoms with Gasteiger partial charge in [0.1, 0.15) is 0 Å². The zero-order chi connectivity index (χ0) is 19.1. The van der Waals surface area contributed by atoms with Crippen LogP contribution >= 0.6 is 11.6 Å². The summed E-state index contributed by atoms with van der Waals surface area (Å²) in [4.78, 5) is 23.7. The average Bonchev–Trinajstić information content (AvgIpc) is 3.13. The number of nitrogens with zero attached hydrogens (tertiary/aromatic N) is 2. The highest BCUT2D eigenvalue weighted by Crippen LogP contribution is 2.10. The molecule has 0 aliphatic carbocycles. The Kier molecular flexibility index (Phi) is 6.18. The van der Waals surface area contributed by atoms with Crippen LogP contribution in [0.25, 0.3) is 6.08 Å². The first kappa shape index (κ1) is 18.6. The van der Waals surface area contributed by atoms with Crippen LogP contribution in [0.1, 0.15) is 21.5 Å². The summed E-state index contributed by atoms with van der Waals surface area (Å²) in [6.45, 7) is 0.326. The second kappa shape index (κ2) is 8.96. The summed E-state index contributed by atoms with van der Waals surface area (Å²) in [5.74, 6) is -0.878.